The van der Waals surface area contributed by atoms with Crippen LogP contribution in [0.4, 0.5) is 0 Å². The predicted molar refractivity (Wildman–Crippen MR) is 94.5 cm³/mol. The number of benzene rings is 1. The first-order valence-corrected chi connectivity index (χ1v) is 8.69. The van der Waals surface area contributed by atoms with Gasteiger partial charge in [0, 0.05) is 17.7 Å². The SMILES string of the molecule is CCOC(=O)c1[nH]c2c(c1C)C(=O)C[C@H](c1ccc(OCC)cc1)C2. The zero-order chi connectivity index (χ0) is 18.0. The van der Waals surface area contributed by atoms with E-state index >= 15 is 0 Å². The molecule has 0 fully saturated rings. The highest BCUT2D eigenvalue weighted by molar-refractivity contribution is 6.03. The van der Waals surface area contributed by atoms with Gasteiger partial charge in [-0.2, -0.15) is 0 Å². The molecule has 5 nitrogen and oxygen atoms in total. The number of esters is 1. The lowest BCUT2D eigenvalue weighted by Crippen LogP contribution is -2.18. The number of hydrogen-bond acceptors (Lipinski definition) is 4. The molecule has 0 amide bonds. The van der Waals surface area contributed by atoms with E-state index in [9.17, 15) is 9.59 Å². The first-order valence-electron chi connectivity index (χ1n) is 8.69. The Morgan fingerprint density at radius 1 is 1.16 bits per heavy atom. The molecule has 132 valence electrons. The summed E-state index contributed by atoms with van der Waals surface area (Å²) in [7, 11) is 0. The van der Waals surface area contributed by atoms with E-state index in [-0.39, 0.29) is 11.7 Å². The minimum absolute atomic E-state index is 0.0735. The molecule has 1 N–H and O–H groups in total. The number of hydrogen-bond donors (Lipinski definition) is 1. The van der Waals surface area contributed by atoms with E-state index in [4.69, 9.17) is 9.47 Å². The summed E-state index contributed by atoms with van der Waals surface area (Å²) in [5, 5.41) is 0. The number of carbonyl (C=O) groups excluding carboxylic acids is 2. The molecule has 1 heterocycles. The summed E-state index contributed by atoms with van der Waals surface area (Å²) in [4.78, 5) is 27.8. The normalized spacial score (nSPS) is 16.4. The van der Waals surface area contributed by atoms with Gasteiger partial charge in [0.2, 0.25) is 0 Å². The van der Waals surface area contributed by atoms with Crippen LogP contribution in [0.3, 0.4) is 0 Å². The zero-order valence-electron chi connectivity index (χ0n) is 14.8. The lowest BCUT2D eigenvalue weighted by Gasteiger charge is -2.22. The third-order valence-corrected chi connectivity index (χ3v) is 4.63. The average molecular weight is 341 g/mol. The lowest BCUT2D eigenvalue weighted by molar-refractivity contribution is 0.0519. The van der Waals surface area contributed by atoms with Gasteiger partial charge in [-0.1, -0.05) is 12.1 Å². The van der Waals surface area contributed by atoms with Crippen molar-refractivity contribution in [3.63, 3.8) is 0 Å². The molecule has 0 spiro atoms. The molecule has 3 rings (SSSR count). The number of aromatic amines is 1. The Morgan fingerprint density at radius 3 is 2.52 bits per heavy atom. The van der Waals surface area contributed by atoms with Crippen LogP contribution < -0.4 is 4.74 Å². The van der Waals surface area contributed by atoms with E-state index in [2.05, 4.69) is 4.98 Å². The second-order valence-corrected chi connectivity index (χ2v) is 6.23. The molecule has 1 atom stereocenters. The van der Waals surface area contributed by atoms with Crippen LogP contribution in [0.5, 0.6) is 5.75 Å². The van der Waals surface area contributed by atoms with Crippen LogP contribution in [0.1, 0.15) is 63.9 Å². The molecule has 0 bridgehead atoms. The predicted octanol–water partition coefficient (Wildman–Crippen LogP) is 3.81. The molecular weight excluding hydrogens is 318 g/mol. The average Bonchev–Trinajstić information content (AvgIpc) is 2.93. The Kier molecular flexibility index (Phi) is 4.93. The van der Waals surface area contributed by atoms with E-state index in [1.54, 1.807) is 13.8 Å². The van der Waals surface area contributed by atoms with Gasteiger partial charge in [-0.05, 0) is 56.4 Å². The van der Waals surface area contributed by atoms with Crippen LogP contribution in [-0.2, 0) is 11.2 Å². The third kappa shape index (κ3) is 3.31. The Morgan fingerprint density at radius 2 is 1.88 bits per heavy atom. The van der Waals surface area contributed by atoms with Gasteiger partial charge < -0.3 is 14.5 Å². The van der Waals surface area contributed by atoms with Gasteiger partial charge in [-0.25, -0.2) is 4.79 Å². The fraction of sp³-hybridized carbons (Fsp3) is 0.400. The molecule has 1 aliphatic carbocycles. The summed E-state index contributed by atoms with van der Waals surface area (Å²) in [5.41, 5.74) is 3.68. The van der Waals surface area contributed by atoms with Crippen LogP contribution in [0.2, 0.25) is 0 Å². The molecule has 2 aromatic rings. The maximum Gasteiger partial charge on any atom is 0.355 e. The Bertz CT molecular complexity index is 789. The first kappa shape index (κ1) is 17.3. The van der Waals surface area contributed by atoms with E-state index in [1.165, 1.54) is 0 Å². The molecule has 5 heteroatoms. The minimum Gasteiger partial charge on any atom is -0.494 e. The second kappa shape index (κ2) is 7.13. The van der Waals surface area contributed by atoms with E-state index < -0.39 is 5.97 Å². The number of H-pyrrole nitrogens is 1. The number of aromatic nitrogens is 1. The van der Waals surface area contributed by atoms with Crippen molar-refractivity contribution in [2.75, 3.05) is 13.2 Å². The van der Waals surface area contributed by atoms with Crippen molar-refractivity contribution in [3.8, 4) is 5.75 Å². The lowest BCUT2D eigenvalue weighted by atomic mass is 9.81. The number of Topliss-reactive ketones (excluding diaryl/α,β-unsaturated/α-hetero) is 1. The van der Waals surface area contributed by atoms with Crippen LogP contribution in [0, 0.1) is 6.92 Å². The fourth-order valence-corrected chi connectivity index (χ4v) is 3.48. The zero-order valence-corrected chi connectivity index (χ0v) is 14.8. The van der Waals surface area contributed by atoms with Gasteiger partial charge in [-0.15, -0.1) is 0 Å². The Hall–Kier alpha value is -2.56. The topological polar surface area (TPSA) is 68.4 Å². The molecule has 0 aliphatic heterocycles. The van der Waals surface area contributed by atoms with Crippen molar-refractivity contribution in [2.24, 2.45) is 0 Å². The van der Waals surface area contributed by atoms with Gasteiger partial charge in [-0.3, -0.25) is 4.79 Å². The maximum atomic E-state index is 12.7. The molecule has 1 aromatic carbocycles. The largest absolute Gasteiger partial charge is 0.494 e. The molecule has 0 unspecified atom stereocenters. The number of ketones is 1. The van der Waals surface area contributed by atoms with Crippen molar-refractivity contribution in [1.29, 1.82) is 0 Å². The minimum atomic E-state index is -0.403. The highest BCUT2D eigenvalue weighted by Gasteiger charge is 2.32. The first-order chi connectivity index (χ1) is 12.0. The van der Waals surface area contributed by atoms with Crippen molar-refractivity contribution in [2.45, 2.75) is 39.5 Å². The second-order valence-electron chi connectivity index (χ2n) is 6.23. The summed E-state index contributed by atoms with van der Waals surface area (Å²) >= 11 is 0. The quantitative estimate of drug-likeness (QED) is 0.840. The Balaban J connectivity index is 1.87. The van der Waals surface area contributed by atoms with E-state index in [1.807, 2.05) is 31.2 Å². The highest BCUT2D eigenvalue weighted by atomic mass is 16.5. The summed E-state index contributed by atoms with van der Waals surface area (Å²) < 4.78 is 10.5. The number of carbonyl (C=O) groups is 2. The van der Waals surface area contributed by atoms with Crippen molar-refractivity contribution in [1.82, 2.24) is 4.98 Å². The maximum absolute atomic E-state index is 12.7. The van der Waals surface area contributed by atoms with Gasteiger partial charge >= 0.3 is 5.97 Å². The van der Waals surface area contributed by atoms with Crippen molar-refractivity contribution >= 4 is 11.8 Å². The summed E-state index contributed by atoms with van der Waals surface area (Å²) in [5.74, 6) is 0.599. The molecule has 0 radical (unpaired) electrons. The van der Waals surface area contributed by atoms with Crippen LogP contribution >= 0.6 is 0 Å². The number of rotatable bonds is 5. The summed E-state index contributed by atoms with van der Waals surface area (Å²) in [6.07, 6.45) is 1.15. The van der Waals surface area contributed by atoms with Gasteiger partial charge in [0.05, 0.1) is 13.2 Å². The molecular formula is C20H23NO4. The summed E-state index contributed by atoms with van der Waals surface area (Å²) in [6.45, 7) is 6.46. The summed E-state index contributed by atoms with van der Waals surface area (Å²) in [6, 6.07) is 7.89. The van der Waals surface area contributed by atoms with E-state index in [0.717, 1.165) is 17.0 Å². The van der Waals surface area contributed by atoms with Gasteiger partial charge in [0.25, 0.3) is 0 Å². The van der Waals surface area contributed by atoms with Gasteiger partial charge in [0.15, 0.2) is 5.78 Å². The fourth-order valence-electron chi connectivity index (χ4n) is 3.48. The van der Waals surface area contributed by atoms with Crippen LogP contribution in [-0.4, -0.2) is 30.0 Å². The monoisotopic (exact) mass is 341 g/mol. The molecule has 25 heavy (non-hydrogen) atoms. The highest BCUT2D eigenvalue weighted by Crippen LogP contribution is 2.35. The molecule has 0 saturated carbocycles. The van der Waals surface area contributed by atoms with Crippen LogP contribution in [0.15, 0.2) is 24.3 Å². The standard InChI is InChI=1S/C20H23NO4/c1-4-24-15-8-6-13(7-9-15)14-10-16-18(17(22)11-14)12(3)19(21-16)20(23)25-5-2/h6-9,14,21H,4-5,10-11H2,1-3H3/t14-/m1/s1. The third-order valence-electron chi connectivity index (χ3n) is 4.63. The number of fused-ring (bicyclic) bond motifs is 1. The molecule has 0 saturated heterocycles. The van der Waals surface area contributed by atoms with E-state index in [0.29, 0.717) is 42.9 Å². The number of nitrogens with one attached hydrogen (secondary N) is 1. The Labute approximate surface area is 147 Å². The van der Waals surface area contributed by atoms with Crippen molar-refractivity contribution in [3.05, 3.63) is 52.3 Å². The number of ether oxygens (including phenoxy) is 2. The molecule has 1 aliphatic rings. The molecule has 1 aromatic heterocycles. The van der Waals surface area contributed by atoms with Crippen molar-refractivity contribution < 1.29 is 19.1 Å². The smallest absolute Gasteiger partial charge is 0.355 e. The van der Waals surface area contributed by atoms with Gasteiger partial charge in [0.1, 0.15) is 11.4 Å². The van der Waals surface area contributed by atoms with Crippen LogP contribution in [0.25, 0.3) is 0 Å².